The summed E-state index contributed by atoms with van der Waals surface area (Å²) in [6, 6.07) is 19.0. The van der Waals surface area contributed by atoms with Crippen molar-refractivity contribution in [1.29, 1.82) is 0 Å². The van der Waals surface area contributed by atoms with E-state index in [1.54, 1.807) is 19.2 Å². The molecule has 0 aliphatic heterocycles. The van der Waals surface area contributed by atoms with E-state index in [2.05, 4.69) is 14.7 Å². The fraction of sp³-hybridized carbons (Fsp3) is 0.241. The molecule has 5 rings (SSSR count). The van der Waals surface area contributed by atoms with Crippen LogP contribution < -0.4 is 5.32 Å². The molecule has 2 aromatic heterocycles. The highest BCUT2D eigenvalue weighted by Crippen LogP contribution is 2.49. The number of pyridine rings is 1. The maximum atomic E-state index is 12.7. The van der Waals surface area contributed by atoms with Gasteiger partial charge in [0.15, 0.2) is 0 Å². The van der Waals surface area contributed by atoms with E-state index >= 15 is 0 Å². The number of benzene rings is 2. The zero-order valence-corrected chi connectivity index (χ0v) is 22.7. The summed E-state index contributed by atoms with van der Waals surface area (Å²) < 4.78 is 15.0. The highest BCUT2D eigenvalue weighted by atomic mass is 35.5. The molecule has 7 nitrogen and oxygen atoms in total. The van der Waals surface area contributed by atoms with E-state index in [9.17, 15) is 9.59 Å². The summed E-state index contributed by atoms with van der Waals surface area (Å²) in [4.78, 5) is 30.3. The van der Waals surface area contributed by atoms with E-state index in [-0.39, 0.29) is 5.97 Å². The largest absolute Gasteiger partial charge is 0.468 e. The lowest BCUT2D eigenvalue weighted by atomic mass is 9.97. The third-order valence-corrected chi connectivity index (χ3v) is 8.13. The topological polar surface area (TPSA) is 90.4 Å². The van der Waals surface area contributed by atoms with Gasteiger partial charge in [0, 0.05) is 22.3 Å². The van der Waals surface area contributed by atoms with Crippen molar-refractivity contribution in [3.8, 4) is 21.7 Å². The molecule has 1 atom stereocenters. The van der Waals surface area contributed by atoms with Gasteiger partial charge in [-0.1, -0.05) is 60.1 Å². The number of aromatic nitrogens is 2. The SMILES string of the molecule is COC(=O)C1(c2ccc(-c3ccc(-c4snc(C)c4NC(=O)OC(C)c4ccccc4Cl)cc3)nc2)CC1. The average Bonchev–Trinajstić information content (AvgIpc) is 3.67. The monoisotopic (exact) mass is 547 g/mol. The normalized spacial score (nSPS) is 14.4. The Bertz CT molecular complexity index is 1480. The first-order valence-corrected chi connectivity index (χ1v) is 13.3. The number of carbonyl (C=O) groups excluding carboxylic acids is 2. The second-order valence-corrected chi connectivity index (χ2v) is 10.4. The van der Waals surface area contributed by atoms with E-state index in [1.807, 2.05) is 61.5 Å². The molecule has 1 aliphatic rings. The summed E-state index contributed by atoms with van der Waals surface area (Å²) >= 11 is 7.54. The summed E-state index contributed by atoms with van der Waals surface area (Å²) in [7, 11) is 1.42. The van der Waals surface area contributed by atoms with Gasteiger partial charge in [-0.05, 0) is 61.5 Å². The molecule has 0 bridgehead atoms. The molecule has 1 unspecified atom stereocenters. The lowest BCUT2D eigenvalue weighted by Gasteiger charge is -2.16. The van der Waals surface area contributed by atoms with E-state index in [1.165, 1.54) is 18.6 Å². The molecule has 0 spiro atoms. The molecule has 194 valence electrons. The molecule has 0 saturated heterocycles. The minimum atomic E-state index is -0.580. The van der Waals surface area contributed by atoms with Crippen molar-refractivity contribution in [2.45, 2.75) is 38.2 Å². The van der Waals surface area contributed by atoms with Gasteiger partial charge in [-0.3, -0.25) is 15.1 Å². The number of amides is 1. The number of hydrogen-bond donors (Lipinski definition) is 1. The number of aryl methyl sites for hydroxylation is 1. The van der Waals surface area contributed by atoms with Crippen molar-refractivity contribution < 1.29 is 19.1 Å². The fourth-order valence-electron chi connectivity index (χ4n) is 4.45. The van der Waals surface area contributed by atoms with Gasteiger partial charge < -0.3 is 9.47 Å². The molecule has 1 amide bonds. The van der Waals surface area contributed by atoms with Crippen LogP contribution in [-0.4, -0.2) is 28.5 Å². The first-order valence-electron chi connectivity index (χ1n) is 12.2. The summed E-state index contributed by atoms with van der Waals surface area (Å²) in [6.45, 7) is 3.62. The van der Waals surface area contributed by atoms with Crippen molar-refractivity contribution >= 4 is 40.9 Å². The first kappa shape index (κ1) is 25.9. The van der Waals surface area contributed by atoms with Crippen LogP contribution in [0.4, 0.5) is 10.5 Å². The highest BCUT2D eigenvalue weighted by molar-refractivity contribution is 7.10. The molecule has 38 heavy (non-hydrogen) atoms. The number of hydrogen-bond acceptors (Lipinski definition) is 7. The van der Waals surface area contributed by atoms with Crippen LogP contribution in [0.1, 0.15) is 42.7 Å². The molecule has 1 aliphatic carbocycles. The van der Waals surface area contributed by atoms with Gasteiger partial charge in [-0.15, -0.1) is 0 Å². The summed E-state index contributed by atoms with van der Waals surface area (Å²) in [5, 5.41) is 3.40. The zero-order valence-electron chi connectivity index (χ0n) is 21.2. The van der Waals surface area contributed by atoms with Gasteiger partial charge in [0.05, 0.1) is 34.5 Å². The van der Waals surface area contributed by atoms with Gasteiger partial charge >= 0.3 is 12.1 Å². The van der Waals surface area contributed by atoms with Crippen molar-refractivity contribution in [2.75, 3.05) is 12.4 Å². The zero-order chi connectivity index (χ0) is 26.9. The van der Waals surface area contributed by atoms with E-state index in [0.29, 0.717) is 16.4 Å². The summed E-state index contributed by atoms with van der Waals surface area (Å²) in [6.07, 6.45) is 2.23. The smallest absolute Gasteiger partial charge is 0.412 e. The Balaban J connectivity index is 1.30. The first-order chi connectivity index (χ1) is 18.3. The molecule has 9 heteroatoms. The number of esters is 1. The minimum absolute atomic E-state index is 0.206. The van der Waals surface area contributed by atoms with Gasteiger partial charge in [0.2, 0.25) is 0 Å². The molecule has 4 aromatic rings. The third kappa shape index (κ3) is 5.01. The lowest BCUT2D eigenvalue weighted by molar-refractivity contribution is -0.143. The Morgan fingerprint density at radius 1 is 1.05 bits per heavy atom. The van der Waals surface area contributed by atoms with Crippen LogP contribution in [0.15, 0.2) is 66.9 Å². The van der Waals surface area contributed by atoms with Crippen LogP contribution in [0.5, 0.6) is 0 Å². The third-order valence-electron chi connectivity index (χ3n) is 6.80. The van der Waals surface area contributed by atoms with E-state index in [0.717, 1.165) is 45.7 Å². The molecular formula is C29H26ClN3O4S. The van der Waals surface area contributed by atoms with Crippen LogP contribution >= 0.6 is 23.1 Å². The van der Waals surface area contributed by atoms with E-state index in [4.69, 9.17) is 21.1 Å². The number of ether oxygens (including phenoxy) is 2. The Morgan fingerprint density at radius 3 is 2.39 bits per heavy atom. The van der Waals surface area contributed by atoms with E-state index < -0.39 is 17.6 Å². The molecule has 2 heterocycles. The van der Waals surface area contributed by atoms with Crippen molar-refractivity contribution in [3.63, 3.8) is 0 Å². The number of rotatable bonds is 7. The van der Waals surface area contributed by atoms with Gasteiger partial charge in [0.1, 0.15) is 6.10 Å². The van der Waals surface area contributed by atoms with Crippen molar-refractivity contribution in [3.05, 3.63) is 88.7 Å². The van der Waals surface area contributed by atoms with Crippen LogP contribution in [0.2, 0.25) is 5.02 Å². The summed E-state index contributed by atoms with van der Waals surface area (Å²) in [5.74, 6) is -0.206. The van der Waals surface area contributed by atoms with Gasteiger partial charge in [0.25, 0.3) is 0 Å². The summed E-state index contributed by atoms with van der Waals surface area (Å²) in [5.41, 5.74) is 5.05. The number of anilines is 1. The second-order valence-electron chi connectivity index (χ2n) is 9.25. The Morgan fingerprint density at radius 2 is 1.76 bits per heavy atom. The van der Waals surface area contributed by atoms with Crippen LogP contribution in [0.25, 0.3) is 21.7 Å². The number of methoxy groups -OCH3 is 1. The van der Waals surface area contributed by atoms with Crippen molar-refractivity contribution in [1.82, 2.24) is 9.36 Å². The van der Waals surface area contributed by atoms with Gasteiger partial charge in [-0.25, -0.2) is 4.79 Å². The quantitative estimate of drug-likeness (QED) is 0.243. The standard InChI is InChI=1S/C29H26ClN3O4S/c1-17-25(32-28(35)37-18(2)22-6-4-5-7-23(22)30)26(38-33-17)20-10-8-19(9-11-20)24-13-12-21(16-31-24)29(14-15-29)27(34)36-3/h4-13,16,18H,14-15H2,1-3H3,(H,32,35). The lowest BCUT2D eigenvalue weighted by Crippen LogP contribution is -2.21. The minimum Gasteiger partial charge on any atom is -0.468 e. The second kappa shape index (κ2) is 10.6. The van der Waals surface area contributed by atoms with Crippen molar-refractivity contribution in [2.24, 2.45) is 0 Å². The fourth-order valence-corrected chi connectivity index (χ4v) is 5.59. The molecule has 1 N–H and O–H groups in total. The maximum absolute atomic E-state index is 12.7. The maximum Gasteiger partial charge on any atom is 0.412 e. The molecule has 0 radical (unpaired) electrons. The predicted molar refractivity (Wildman–Crippen MR) is 148 cm³/mol. The average molecular weight is 548 g/mol. The molecular weight excluding hydrogens is 522 g/mol. The predicted octanol–water partition coefficient (Wildman–Crippen LogP) is 7.35. The molecule has 1 saturated carbocycles. The molecule has 2 aromatic carbocycles. The Kier molecular flexibility index (Phi) is 7.19. The number of halogens is 1. The number of nitrogens with one attached hydrogen (secondary N) is 1. The van der Waals surface area contributed by atoms with Crippen LogP contribution in [-0.2, 0) is 19.7 Å². The van der Waals surface area contributed by atoms with Crippen LogP contribution in [0, 0.1) is 6.92 Å². The van der Waals surface area contributed by atoms with Gasteiger partial charge in [-0.2, -0.15) is 4.37 Å². The Hall–Kier alpha value is -3.75. The number of nitrogens with zero attached hydrogens (tertiary/aromatic N) is 2. The highest BCUT2D eigenvalue weighted by Gasteiger charge is 2.52. The Labute approximate surface area is 230 Å². The number of carbonyl (C=O) groups is 2. The molecule has 1 fully saturated rings. The van der Waals surface area contributed by atoms with Crippen LogP contribution in [0.3, 0.4) is 0 Å².